The van der Waals surface area contributed by atoms with Crippen molar-refractivity contribution in [2.24, 2.45) is 0 Å². The number of Topliss-reactive ketones (excluding diaryl/α,β-unsaturated/α-hetero) is 1. The molecule has 180 valence electrons. The largest absolute Gasteiger partial charge is 0.507 e. The van der Waals surface area contributed by atoms with E-state index in [2.05, 4.69) is 4.98 Å². The molecule has 1 amide bonds. The third-order valence-corrected chi connectivity index (χ3v) is 5.91. The molecule has 0 bridgehead atoms. The molecule has 0 aliphatic carbocycles. The van der Waals surface area contributed by atoms with Crippen LogP contribution in [0.1, 0.15) is 42.1 Å². The van der Waals surface area contributed by atoms with Crippen molar-refractivity contribution < 1.29 is 24.2 Å². The van der Waals surface area contributed by atoms with Gasteiger partial charge in [0.2, 0.25) is 0 Å². The Labute approximate surface area is 204 Å². The zero-order valence-electron chi connectivity index (χ0n) is 20.2. The lowest BCUT2D eigenvalue weighted by Gasteiger charge is -2.26. The number of aryl methyl sites for hydroxylation is 1. The summed E-state index contributed by atoms with van der Waals surface area (Å²) >= 11 is 0. The highest BCUT2D eigenvalue weighted by molar-refractivity contribution is 6.46. The number of amides is 1. The summed E-state index contributed by atoms with van der Waals surface area (Å²) in [5.41, 5.74) is 2.71. The van der Waals surface area contributed by atoms with Crippen LogP contribution in [0, 0.1) is 6.92 Å². The molecule has 0 radical (unpaired) electrons. The van der Waals surface area contributed by atoms with Gasteiger partial charge in [0.25, 0.3) is 11.7 Å². The van der Waals surface area contributed by atoms with Gasteiger partial charge in [-0.2, -0.15) is 0 Å². The molecule has 1 aliphatic rings. The molecule has 0 spiro atoms. The Balaban J connectivity index is 1.82. The van der Waals surface area contributed by atoms with E-state index in [9.17, 15) is 14.7 Å². The topological polar surface area (TPSA) is 89.0 Å². The number of aromatic nitrogens is 1. The van der Waals surface area contributed by atoms with Gasteiger partial charge in [-0.1, -0.05) is 18.2 Å². The fraction of sp³-hybridized carbons (Fsp3) is 0.250. The Bertz CT molecular complexity index is 1280. The fourth-order valence-corrected chi connectivity index (χ4v) is 4.29. The van der Waals surface area contributed by atoms with Crippen LogP contribution in [-0.2, 0) is 16.1 Å². The van der Waals surface area contributed by atoms with Crippen molar-refractivity contribution in [3.63, 3.8) is 0 Å². The van der Waals surface area contributed by atoms with Gasteiger partial charge in [-0.3, -0.25) is 14.6 Å². The lowest BCUT2D eigenvalue weighted by molar-refractivity contribution is -0.140. The minimum atomic E-state index is -0.783. The normalized spacial score (nSPS) is 17.2. The molecule has 7 heteroatoms. The maximum Gasteiger partial charge on any atom is 0.295 e. The molecule has 35 heavy (non-hydrogen) atoms. The van der Waals surface area contributed by atoms with Crippen molar-refractivity contribution >= 4 is 17.4 Å². The van der Waals surface area contributed by atoms with E-state index >= 15 is 0 Å². The molecule has 7 nitrogen and oxygen atoms in total. The smallest absolute Gasteiger partial charge is 0.295 e. The lowest BCUT2D eigenvalue weighted by Crippen LogP contribution is -2.29. The highest BCUT2D eigenvalue weighted by Gasteiger charge is 2.46. The second-order valence-electron chi connectivity index (χ2n) is 8.67. The molecule has 0 saturated carbocycles. The van der Waals surface area contributed by atoms with Crippen LogP contribution in [-0.4, -0.2) is 39.9 Å². The van der Waals surface area contributed by atoms with Gasteiger partial charge >= 0.3 is 0 Å². The Hall–Kier alpha value is -4.13. The summed E-state index contributed by atoms with van der Waals surface area (Å²) in [6.45, 7) is 5.88. The number of methoxy groups -OCH3 is 1. The monoisotopic (exact) mass is 472 g/mol. The number of ketones is 1. The third kappa shape index (κ3) is 4.75. The van der Waals surface area contributed by atoms with E-state index in [1.807, 2.05) is 39.0 Å². The first kappa shape index (κ1) is 24.0. The zero-order valence-corrected chi connectivity index (χ0v) is 20.2. The first-order valence-electron chi connectivity index (χ1n) is 11.4. The van der Waals surface area contributed by atoms with Crippen molar-refractivity contribution in [3.05, 3.63) is 94.8 Å². The molecule has 1 saturated heterocycles. The van der Waals surface area contributed by atoms with Crippen LogP contribution in [0.5, 0.6) is 11.5 Å². The minimum Gasteiger partial charge on any atom is -0.507 e. The Morgan fingerprint density at radius 2 is 1.77 bits per heavy atom. The maximum atomic E-state index is 13.3. The number of aliphatic hydroxyl groups excluding tert-OH is 1. The van der Waals surface area contributed by atoms with Crippen LogP contribution in [0.15, 0.2) is 72.6 Å². The van der Waals surface area contributed by atoms with Crippen molar-refractivity contribution in [1.82, 2.24) is 9.88 Å². The summed E-state index contributed by atoms with van der Waals surface area (Å²) in [7, 11) is 1.56. The molecule has 2 heterocycles. The van der Waals surface area contributed by atoms with Crippen molar-refractivity contribution in [2.75, 3.05) is 7.11 Å². The number of carbonyl (C=O) groups excluding carboxylic acids is 2. The molecule has 2 aromatic carbocycles. The van der Waals surface area contributed by atoms with Gasteiger partial charge in [0.15, 0.2) is 0 Å². The van der Waals surface area contributed by atoms with Crippen LogP contribution >= 0.6 is 0 Å². The van der Waals surface area contributed by atoms with Gasteiger partial charge in [0.05, 0.1) is 31.4 Å². The summed E-state index contributed by atoms with van der Waals surface area (Å²) in [6.07, 6.45) is 3.20. The molecule has 3 aromatic rings. The van der Waals surface area contributed by atoms with Crippen LogP contribution < -0.4 is 9.47 Å². The summed E-state index contributed by atoms with van der Waals surface area (Å²) < 4.78 is 11.2. The molecule has 1 atom stereocenters. The Morgan fingerprint density at radius 3 is 2.43 bits per heavy atom. The molecule has 1 N–H and O–H groups in total. The number of hydrogen-bond donors (Lipinski definition) is 1. The summed E-state index contributed by atoms with van der Waals surface area (Å²) in [4.78, 5) is 32.0. The number of likely N-dealkylation sites (tertiary alicyclic amines) is 1. The Morgan fingerprint density at radius 1 is 1.06 bits per heavy atom. The highest BCUT2D eigenvalue weighted by atomic mass is 16.5. The standard InChI is InChI=1S/C28H28N2O5/c1-17(2)35-22-10-9-20(15-18(22)3)26(31)24-25(19-11-13-29-14-12-19)30(28(33)27(24)32)16-21-7-5-6-8-23(21)34-4/h5-15,17,25,31H,16H2,1-4H3/b26-24-. The molecular weight excluding hydrogens is 444 g/mol. The van der Waals surface area contributed by atoms with Crippen molar-refractivity contribution in [2.45, 2.75) is 39.5 Å². The average Bonchev–Trinajstić information content (AvgIpc) is 3.10. The number of nitrogens with zero attached hydrogens (tertiary/aromatic N) is 2. The van der Waals surface area contributed by atoms with Gasteiger partial charge < -0.3 is 19.5 Å². The summed E-state index contributed by atoms with van der Waals surface area (Å²) in [5, 5.41) is 11.3. The van der Waals surface area contributed by atoms with E-state index in [1.165, 1.54) is 4.90 Å². The number of rotatable bonds is 7. The molecule has 1 aliphatic heterocycles. The van der Waals surface area contributed by atoms with E-state index in [-0.39, 0.29) is 24.0 Å². The van der Waals surface area contributed by atoms with Gasteiger partial charge in [-0.25, -0.2) is 0 Å². The van der Waals surface area contributed by atoms with Crippen molar-refractivity contribution in [3.8, 4) is 11.5 Å². The van der Waals surface area contributed by atoms with Crippen LogP contribution in [0.4, 0.5) is 0 Å². The first-order chi connectivity index (χ1) is 16.8. The van der Waals surface area contributed by atoms with Crippen LogP contribution in [0.25, 0.3) is 5.76 Å². The molecular formula is C28H28N2O5. The second-order valence-corrected chi connectivity index (χ2v) is 8.67. The average molecular weight is 473 g/mol. The zero-order chi connectivity index (χ0) is 25.1. The molecule has 4 rings (SSSR count). The number of hydrogen-bond acceptors (Lipinski definition) is 6. The van der Waals surface area contributed by atoms with Gasteiger partial charge in [-0.05, 0) is 68.3 Å². The molecule has 1 aromatic heterocycles. The molecule has 1 unspecified atom stereocenters. The van der Waals surface area contributed by atoms with E-state index in [0.717, 1.165) is 11.1 Å². The highest BCUT2D eigenvalue weighted by Crippen LogP contribution is 2.41. The Kier molecular flexibility index (Phi) is 6.87. The number of benzene rings is 2. The van der Waals surface area contributed by atoms with E-state index in [4.69, 9.17) is 9.47 Å². The van der Waals surface area contributed by atoms with Gasteiger partial charge in [-0.15, -0.1) is 0 Å². The summed E-state index contributed by atoms with van der Waals surface area (Å²) in [5.74, 6) is -0.347. The molecule has 1 fully saturated rings. The third-order valence-electron chi connectivity index (χ3n) is 5.91. The van der Waals surface area contributed by atoms with E-state index in [1.54, 1.807) is 55.9 Å². The van der Waals surface area contributed by atoms with Gasteiger partial charge in [0.1, 0.15) is 17.3 Å². The number of para-hydroxylation sites is 1. The lowest BCUT2D eigenvalue weighted by atomic mass is 9.95. The number of ether oxygens (including phenoxy) is 2. The first-order valence-corrected chi connectivity index (χ1v) is 11.4. The van der Waals surface area contributed by atoms with Crippen LogP contribution in [0.2, 0.25) is 0 Å². The maximum absolute atomic E-state index is 13.3. The van der Waals surface area contributed by atoms with Crippen molar-refractivity contribution in [1.29, 1.82) is 0 Å². The minimum absolute atomic E-state index is 0.000129. The predicted molar refractivity (Wildman–Crippen MR) is 132 cm³/mol. The fourth-order valence-electron chi connectivity index (χ4n) is 4.29. The number of carbonyl (C=O) groups is 2. The quantitative estimate of drug-likeness (QED) is 0.302. The second kappa shape index (κ2) is 10.0. The van der Waals surface area contributed by atoms with Crippen LogP contribution in [0.3, 0.4) is 0 Å². The van der Waals surface area contributed by atoms with Gasteiger partial charge in [0, 0.05) is 23.5 Å². The predicted octanol–water partition coefficient (Wildman–Crippen LogP) is 4.81. The van der Waals surface area contributed by atoms with E-state index < -0.39 is 17.7 Å². The van der Waals surface area contributed by atoms with E-state index in [0.29, 0.717) is 22.6 Å². The number of aliphatic hydroxyl groups is 1. The SMILES string of the molecule is COc1ccccc1CN1C(=O)C(=O)/C(=C(\O)c2ccc(OC(C)C)c(C)c2)C1c1ccncc1. The summed E-state index contributed by atoms with van der Waals surface area (Å²) in [6, 6.07) is 15.2. The number of pyridine rings is 1.